The molecule has 0 saturated carbocycles. The molecule has 1 aliphatic rings. The summed E-state index contributed by atoms with van der Waals surface area (Å²) in [6, 6.07) is 14.1. The molecule has 1 saturated heterocycles. The van der Waals surface area contributed by atoms with Crippen LogP contribution >= 0.6 is 0 Å². The molecule has 2 N–H and O–H groups in total. The lowest BCUT2D eigenvalue weighted by Gasteiger charge is -2.31. The zero-order valence-corrected chi connectivity index (χ0v) is 15.3. The van der Waals surface area contributed by atoms with Gasteiger partial charge in [-0.3, -0.25) is 4.98 Å². The van der Waals surface area contributed by atoms with Crippen LogP contribution in [0.4, 0.5) is 0 Å². The number of aromatic nitrogens is 1. The summed E-state index contributed by atoms with van der Waals surface area (Å²) in [7, 11) is 0. The van der Waals surface area contributed by atoms with E-state index in [-0.39, 0.29) is 6.61 Å². The average Bonchev–Trinajstić information content (AvgIpc) is 2.69. The third kappa shape index (κ3) is 6.09. The van der Waals surface area contributed by atoms with Crippen molar-refractivity contribution in [1.82, 2.24) is 15.2 Å². The molecule has 0 unspecified atom stereocenters. The summed E-state index contributed by atoms with van der Waals surface area (Å²) in [5.41, 5.74) is 2.17. The van der Waals surface area contributed by atoms with Gasteiger partial charge in [-0.1, -0.05) is 18.2 Å². The number of hydrogen-bond acceptors (Lipinski definition) is 5. The third-order valence-corrected chi connectivity index (χ3v) is 4.90. The first-order chi connectivity index (χ1) is 12.8. The lowest BCUT2D eigenvalue weighted by molar-refractivity contribution is 0.146. The molecule has 2 aromatic rings. The number of benzene rings is 1. The van der Waals surface area contributed by atoms with Gasteiger partial charge in [-0.2, -0.15) is 0 Å². The SMILES string of the molecule is OCCN1CCC(CNCc2cccc(OCc3ccccn3)c2)CC1. The summed E-state index contributed by atoms with van der Waals surface area (Å²) in [6.45, 7) is 5.67. The van der Waals surface area contributed by atoms with Crippen molar-refractivity contribution in [3.8, 4) is 5.75 Å². The molecule has 1 aromatic carbocycles. The van der Waals surface area contributed by atoms with Crippen molar-refractivity contribution in [2.45, 2.75) is 26.0 Å². The summed E-state index contributed by atoms with van der Waals surface area (Å²) >= 11 is 0. The zero-order valence-electron chi connectivity index (χ0n) is 15.3. The van der Waals surface area contributed by atoms with Crippen LogP contribution in [0.3, 0.4) is 0 Å². The summed E-state index contributed by atoms with van der Waals surface area (Å²) < 4.78 is 5.85. The summed E-state index contributed by atoms with van der Waals surface area (Å²) in [5, 5.41) is 12.6. The Hall–Kier alpha value is -1.95. The molecule has 1 aromatic heterocycles. The maximum atomic E-state index is 9.01. The lowest BCUT2D eigenvalue weighted by atomic mass is 9.97. The fraction of sp³-hybridized carbons (Fsp3) is 0.476. The zero-order chi connectivity index (χ0) is 18.0. The van der Waals surface area contributed by atoms with E-state index in [2.05, 4.69) is 27.3 Å². The van der Waals surface area contributed by atoms with E-state index in [1.807, 2.05) is 30.3 Å². The highest BCUT2D eigenvalue weighted by molar-refractivity contribution is 5.28. The maximum absolute atomic E-state index is 9.01. The molecule has 2 heterocycles. The van der Waals surface area contributed by atoms with E-state index in [0.29, 0.717) is 6.61 Å². The minimum absolute atomic E-state index is 0.266. The van der Waals surface area contributed by atoms with Crippen LogP contribution < -0.4 is 10.1 Å². The third-order valence-electron chi connectivity index (χ3n) is 4.90. The van der Waals surface area contributed by atoms with Crippen molar-refractivity contribution in [1.29, 1.82) is 0 Å². The van der Waals surface area contributed by atoms with Crippen molar-refractivity contribution >= 4 is 0 Å². The van der Waals surface area contributed by atoms with Crippen LogP contribution in [0, 0.1) is 5.92 Å². The average molecular weight is 355 g/mol. The predicted octanol–water partition coefficient (Wildman–Crippen LogP) is 2.45. The number of piperidine rings is 1. The number of aliphatic hydroxyl groups excluding tert-OH is 1. The van der Waals surface area contributed by atoms with E-state index in [9.17, 15) is 0 Å². The Morgan fingerprint density at radius 1 is 1.15 bits per heavy atom. The molecule has 140 valence electrons. The Labute approximate surface area is 156 Å². The molecule has 0 amide bonds. The fourth-order valence-electron chi connectivity index (χ4n) is 3.36. The van der Waals surface area contributed by atoms with Crippen LogP contribution in [0.5, 0.6) is 5.75 Å². The Morgan fingerprint density at radius 2 is 2.04 bits per heavy atom. The second-order valence-corrected chi connectivity index (χ2v) is 6.90. The highest BCUT2D eigenvalue weighted by Crippen LogP contribution is 2.17. The van der Waals surface area contributed by atoms with Crippen LogP contribution in [0.2, 0.25) is 0 Å². The number of β-amino-alcohol motifs (C(OH)–C–C–N with tert-alkyl or cyclic N) is 1. The first-order valence-corrected chi connectivity index (χ1v) is 9.49. The second-order valence-electron chi connectivity index (χ2n) is 6.90. The van der Waals surface area contributed by atoms with Gasteiger partial charge in [-0.05, 0) is 68.2 Å². The van der Waals surface area contributed by atoms with E-state index in [1.54, 1.807) is 6.20 Å². The van der Waals surface area contributed by atoms with Gasteiger partial charge in [-0.25, -0.2) is 0 Å². The van der Waals surface area contributed by atoms with E-state index < -0.39 is 0 Å². The molecule has 1 fully saturated rings. The van der Waals surface area contributed by atoms with Crippen LogP contribution in [-0.4, -0.2) is 47.8 Å². The lowest BCUT2D eigenvalue weighted by Crippen LogP contribution is -2.38. The Bertz CT molecular complexity index is 643. The molecule has 1 aliphatic heterocycles. The standard InChI is InChI=1S/C21H29N3O2/c25-13-12-24-10-7-18(8-11-24)15-22-16-19-4-3-6-21(14-19)26-17-20-5-1-2-9-23-20/h1-6,9,14,18,22,25H,7-8,10-13,15-17H2. The summed E-state index contributed by atoms with van der Waals surface area (Å²) in [4.78, 5) is 6.63. The molecule has 0 aliphatic carbocycles. The molecule has 0 spiro atoms. The van der Waals surface area contributed by atoms with Gasteiger partial charge in [0, 0.05) is 19.3 Å². The number of nitrogens with one attached hydrogen (secondary N) is 1. The smallest absolute Gasteiger partial charge is 0.130 e. The van der Waals surface area contributed by atoms with Gasteiger partial charge in [-0.15, -0.1) is 0 Å². The normalized spacial score (nSPS) is 15.9. The molecule has 0 bridgehead atoms. The number of rotatable bonds is 9. The highest BCUT2D eigenvalue weighted by atomic mass is 16.5. The molecule has 5 heteroatoms. The Morgan fingerprint density at radius 3 is 2.81 bits per heavy atom. The van der Waals surface area contributed by atoms with Gasteiger partial charge in [0.2, 0.25) is 0 Å². The molecular weight excluding hydrogens is 326 g/mol. The van der Waals surface area contributed by atoms with Gasteiger partial charge in [0.15, 0.2) is 0 Å². The Balaban J connectivity index is 1.39. The number of likely N-dealkylation sites (tertiary alicyclic amines) is 1. The largest absolute Gasteiger partial charge is 0.487 e. The van der Waals surface area contributed by atoms with Crippen molar-refractivity contribution < 1.29 is 9.84 Å². The predicted molar refractivity (Wildman–Crippen MR) is 103 cm³/mol. The van der Waals surface area contributed by atoms with Crippen molar-refractivity contribution in [3.63, 3.8) is 0 Å². The minimum atomic E-state index is 0.266. The quantitative estimate of drug-likeness (QED) is 0.724. The van der Waals surface area contributed by atoms with Crippen molar-refractivity contribution in [3.05, 3.63) is 59.9 Å². The van der Waals surface area contributed by atoms with E-state index >= 15 is 0 Å². The highest BCUT2D eigenvalue weighted by Gasteiger charge is 2.18. The van der Waals surface area contributed by atoms with Crippen LogP contribution in [-0.2, 0) is 13.2 Å². The number of aliphatic hydroxyl groups is 1. The molecule has 5 nitrogen and oxygen atoms in total. The molecule has 0 radical (unpaired) electrons. The van der Waals surface area contributed by atoms with Gasteiger partial charge in [0.1, 0.15) is 12.4 Å². The molecule has 26 heavy (non-hydrogen) atoms. The maximum Gasteiger partial charge on any atom is 0.130 e. The van der Waals surface area contributed by atoms with Gasteiger partial charge >= 0.3 is 0 Å². The molecular formula is C21H29N3O2. The molecule has 3 rings (SSSR count). The first kappa shape index (κ1) is 18.8. The van der Waals surface area contributed by atoms with E-state index in [1.165, 1.54) is 18.4 Å². The number of pyridine rings is 1. The topological polar surface area (TPSA) is 57.6 Å². The number of nitrogens with zero attached hydrogens (tertiary/aromatic N) is 2. The van der Waals surface area contributed by atoms with Crippen LogP contribution in [0.15, 0.2) is 48.7 Å². The Kier molecular flexibility index (Phi) is 7.43. The van der Waals surface area contributed by atoms with Gasteiger partial charge in [0.25, 0.3) is 0 Å². The van der Waals surface area contributed by atoms with Gasteiger partial charge < -0.3 is 20.1 Å². The van der Waals surface area contributed by atoms with Crippen LogP contribution in [0.25, 0.3) is 0 Å². The van der Waals surface area contributed by atoms with Crippen molar-refractivity contribution in [2.24, 2.45) is 5.92 Å². The first-order valence-electron chi connectivity index (χ1n) is 9.49. The van der Waals surface area contributed by atoms with Crippen LogP contribution in [0.1, 0.15) is 24.1 Å². The van der Waals surface area contributed by atoms with Crippen molar-refractivity contribution in [2.75, 3.05) is 32.8 Å². The fourth-order valence-corrected chi connectivity index (χ4v) is 3.36. The number of ether oxygens (including phenoxy) is 1. The molecule has 0 atom stereocenters. The number of hydrogen-bond donors (Lipinski definition) is 2. The summed E-state index contributed by atoms with van der Waals surface area (Å²) in [5.74, 6) is 1.61. The minimum Gasteiger partial charge on any atom is -0.487 e. The van der Waals surface area contributed by atoms with Gasteiger partial charge in [0.05, 0.1) is 12.3 Å². The van der Waals surface area contributed by atoms with E-state index in [4.69, 9.17) is 9.84 Å². The van der Waals surface area contributed by atoms with E-state index in [0.717, 1.165) is 50.1 Å². The summed E-state index contributed by atoms with van der Waals surface area (Å²) in [6.07, 6.45) is 4.20. The second kappa shape index (κ2) is 10.3. The monoisotopic (exact) mass is 355 g/mol.